The number of imide groups is 1. The summed E-state index contributed by atoms with van der Waals surface area (Å²) in [6.07, 6.45) is 5.64. The number of nitriles is 1. The fourth-order valence-electron chi connectivity index (χ4n) is 5.71. The highest BCUT2D eigenvalue weighted by Crippen LogP contribution is 2.33. The third-order valence-electron chi connectivity index (χ3n) is 8.13. The van der Waals surface area contributed by atoms with Gasteiger partial charge >= 0.3 is 0 Å². The van der Waals surface area contributed by atoms with Crippen molar-refractivity contribution in [3.8, 4) is 23.0 Å². The van der Waals surface area contributed by atoms with Crippen molar-refractivity contribution in [2.45, 2.75) is 44.9 Å². The van der Waals surface area contributed by atoms with Gasteiger partial charge in [-0.3, -0.25) is 14.5 Å². The third kappa shape index (κ3) is 6.68. The van der Waals surface area contributed by atoms with E-state index in [1.807, 2.05) is 43.3 Å². The lowest BCUT2D eigenvalue weighted by molar-refractivity contribution is -0.140. The number of sulfonamides is 1. The first-order valence-corrected chi connectivity index (χ1v) is 16.6. The molecular weight excluding hydrogens is 590 g/mol. The number of ether oxygens (including phenoxy) is 1. The van der Waals surface area contributed by atoms with Gasteiger partial charge in [0.15, 0.2) is 0 Å². The summed E-state index contributed by atoms with van der Waals surface area (Å²) in [5.41, 5.74) is 2.68. The quantitative estimate of drug-likeness (QED) is 0.176. The van der Waals surface area contributed by atoms with E-state index in [1.165, 1.54) is 0 Å². The number of hydrogen-bond acceptors (Lipinski definition) is 7. The maximum absolute atomic E-state index is 13.7. The lowest BCUT2D eigenvalue weighted by Gasteiger charge is -2.30. The first-order valence-electron chi connectivity index (χ1n) is 15.2. The van der Waals surface area contributed by atoms with E-state index in [4.69, 9.17) is 9.84 Å². The summed E-state index contributed by atoms with van der Waals surface area (Å²) in [4.78, 5) is 28.1. The van der Waals surface area contributed by atoms with Crippen molar-refractivity contribution in [3.63, 3.8) is 0 Å². The van der Waals surface area contributed by atoms with Gasteiger partial charge in [0.1, 0.15) is 17.3 Å². The molecule has 10 nitrogen and oxygen atoms in total. The minimum absolute atomic E-state index is 0.0990. The van der Waals surface area contributed by atoms with E-state index in [9.17, 15) is 23.3 Å². The summed E-state index contributed by atoms with van der Waals surface area (Å²) in [7, 11) is -3.73. The van der Waals surface area contributed by atoms with Gasteiger partial charge in [0.25, 0.3) is 11.8 Å². The highest BCUT2D eigenvalue weighted by atomic mass is 32.2. The van der Waals surface area contributed by atoms with E-state index < -0.39 is 21.8 Å². The second kappa shape index (κ2) is 13.7. The number of aromatic nitrogens is 2. The third-order valence-corrected chi connectivity index (χ3v) is 9.99. The van der Waals surface area contributed by atoms with Crippen LogP contribution in [0.5, 0.6) is 0 Å². The van der Waals surface area contributed by atoms with Crippen LogP contribution in [0.25, 0.3) is 23.0 Å². The van der Waals surface area contributed by atoms with Crippen LogP contribution in [0.4, 0.5) is 0 Å². The minimum Gasteiger partial charge on any atom is -0.382 e. The second-order valence-corrected chi connectivity index (χ2v) is 13.3. The molecule has 3 aromatic rings. The Bertz CT molecular complexity index is 1800. The smallest absolute Gasteiger partial charge is 0.271 e. The predicted molar refractivity (Wildman–Crippen MR) is 170 cm³/mol. The average molecular weight is 628 g/mol. The molecule has 0 bridgehead atoms. The van der Waals surface area contributed by atoms with E-state index in [-0.39, 0.29) is 34.1 Å². The molecule has 1 atom stereocenters. The topological polar surface area (TPSA) is 126 Å². The molecule has 0 spiro atoms. The molecule has 0 N–H and O–H groups in total. The summed E-state index contributed by atoms with van der Waals surface area (Å²) < 4.78 is 35.9. The number of benzene rings is 2. The summed E-state index contributed by atoms with van der Waals surface area (Å²) in [5.74, 6) is -0.856. The van der Waals surface area contributed by atoms with Crippen molar-refractivity contribution in [2.75, 3.05) is 32.8 Å². The first-order chi connectivity index (χ1) is 21.6. The molecule has 45 heavy (non-hydrogen) atoms. The van der Waals surface area contributed by atoms with Crippen molar-refractivity contribution < 1.29 is 22.7 Å². The SMILES string of the molecule is CCOCCCN1C(=O)C(C#N)=C(C)/C(=C\c2cn(-c3ccccc3)nc2-c2cccc(S(=O)(=O)N3CCCC(C)C3)c2)C1=O. The van der Waals surface area contributed by atoms with Gasteiger partial charge in [-0.2, -0.15) is 14.7 Å². The minimum atomic E-state index is -3.73. The van der Waals surface area contributed by atoms with Gasteiger partial charge in [-0.15, -0.1) is 0 Å². The largest absolute Gasteiger partial charge is 0.382 e. The van der Waals surface area contributed by atoms with E-state index in [2.05, 4.69) is 6.92 Å². The maximum atomic E-state index is 13.7. The Balaban J connectivity index is 1.61. The number of piperidine rings is 1. The van der Waals surface area contributed by atoms with E-state index in [1.54, 1.807) is 52.4 Å². The predicted octanol–water partition coefficient (Wildman–Crippen LogP) is 4.98. The fourth-order valence-corrected chi connectivity index (χ4v) is 7.35. The number of amides is 2. The van der Waals surface area contributed by atoms with Crippen LogP contribution < -0.4 is 0 Å². The Labute approximate surface area is 264 Å². The van der Waals surface area contributed by atoms with E-state index in [0.29, 0.717) is 49.5 Å². The van der Waals surface area contributed by atoms with Crippen molar-refractivity contribution in [3.05, 3.63) is 83.1 Å². The van der Waals surface area contributed by atoms with Crippen LogP contribution in [0.2, 0.25) is 0 Å². The van der Waals surface area contributed by atoms with Gasteiger partial charge < -0.3 is 4.74 Å². The van der Waals surface area contributed by atoms with Crippen LogP contribution >= 0.6 is 0 Å². The lowest BCUT2D eigenvalue weighted by Crippen LogP contribution is -2.43. The highest BCUT2D eigenvalue weighted by Gasteiger charge is 2.35. The molecule has 1 unspecified atom stereocenters. The van der Waals surface area contributed by atoms with Crippen molar-refractivity contribution in [1.29, 1.82) is 5.26 Å². The molecule has 11 heteroatoms. The van der Waals surface area contributed by atoms with Crippen LogP contribution in [-0.2, 0) is 24.3 Å². The fraction of sp³-hybridized carbons (Fsp3) is 0.353. The number of carbonyl (C=O) groups excluding carboxylic acids is 2. The molecule has 2 amide bonds. The highest BCUT2D eigenvalue weighted by molar-refractivity contribution is 7.89. The molecule has 1 saturated heterocycles. The molecule has 1 fully saturated rings. The monoisotopic (exact) mass is 627 g/mol. The molecule has 1 aromatic heterocycles. The maximum Gasteiger partial charge on any atom is 0.271 e. The Morgan fingerprint density at radius 3 is 2.60 bits per heavy atom. The zero-order valence-corrected chi connectivity index (χ0v) is 26.6. The van der Waals surface area contributed by atoms with Gasteiger partial charge in [0.05, 0.1) is 10.6 Å². The number of para-hydroxylation sites is 1. The van der Waals surface area contributed by atoms with Gasteiger partial charge in [-0.1, -0.05) is 37.3 Å². The standard InChI is InChI=1S/C34H37N5O5S/c1-4-44-18-10-17-38-33(40)30(25(3)31(21-35)34(38)41)20-27-23-39(28-13-6-5-7-14-28)36-32(27)26-12-8-15-29(19-26)45(42,43)37-16-9-11-24(2)22-37/h5-8,12-15,19-20,23-24H,4,9-11,16-18,22H2,1-3H3/b30-20+. The molecule has 0 radical (unpaired) electrons. The molecule has 234 valence electrons. The van der Waals surface area contributed by atoms with Crippen LogP contribution in [0.15, 0.2) is 82.4 Å². The summed E-state index contributed by atoms with van der Waals surface area (Å²) in [5, 5.41) is 14.7. The summed E-state index contributed by atoms with van der Waals surface area (Å²) >= 11 is 0. The van der Waals surface area contributed by atoms with Gasteiger partial charge in [0.2, 0.25) is 10.0 Å². The molecule has 2 aromatic carbocycles. The van der Waals surface area contributed by atoms with Crippen molar-refractivity contribution in [2.24, 2.45) is 5.92 Å². The van der Waals surface area contributed by atoms with Crippen LogP contribution in [-0.4, -0.2) is 72.1 Å². The summed E-state index contributed by atoms with van der Waals surface area (Å²) in [6.45, 7) is 7.47. The number of rotatable bonds is 10. The first kappa shape index (κ1) is 32.0. The molecular formula is C34H37N5O5S. The Morgan fingerprint density at radius 2 is 1.89 bits per heavy atom. The van der Waals surface area contributed by atoms with Crippen molar-refractivity contribution in [1.82, 2.24) is 19.0 Å². The molecule has 5 rings (SSSR count). The van der Waals surface area contributed by atoms with Crippen molar-refractivity contribution >= 4 is 27.9 Å². The average Bonchev–Trinajstić information content (AvgIpc) is 3.47. The number of hydrogen-bond donors (Lipinski definition) is 0. The van der Waals surface area contributed by atoms with Crippen LogP contribution in [0.3, 0.4) is 0 Å². The molecule has 2 aliphatic heterocycles. The van der Waals surface area contributed by atoms with Crippen LogP contribution in [0, 0.1) is 17.2 Å². The van der Waals surface area contributed by atoms with Gasteiger partial charge in [0, 0.05) is 55.7 Å². The molecule has 0 aliphatic carbocycles. The zero-order valence-electron chi connectivity index (χ0n) is 25.8. The zero-order chi connectivity index (χ0) is 32.1. The Morgan fingerprint density at radius 1 is 1.11 bits per heavy atom. The normalized spacial score (nSPS) is 18.9. The Kier molecular flexibility index (Phi) is 9.77. The van der Waals surface area contributed by atoms with E-state index >= 15 is 0 Å². The summed E-state index contributed by atoms with van der Waals surface area (Å²) in [6, 6.07) is 18.1. The number of carbonyl (C=O) groups is 2. The molecule has 0 saturated carbocycles. The Hall–Kier alpha value is -4.37. The molecule has 3 heterocycles. The number of nitrogens with zero attached hydrogens (tertiary/aromatic N) is 5. The van der Waals surface area contributed by atoms with Gasteiger partial charge in [-0.05, 0) is 74.9 Å². The second-order valence-electron chi connectivity index (χ2n) is 11.3. The van der Waals surface area contributed by atoms with Crippen LogP contribution in [0.1, 0.15) is 45.6 Å². The lowest BCUT2D eigenvalue weighted by atomic mass is 9.93. The van der Waals surface area contributed by atoms with E-state index in [0.717, 1.165) is 23.4 Å². The molecule has 2 aliphatic rings. The van der Waals surface area contributed by atoms with Gasteiger partial charge in [-0.25, -0.2) is 13.1 Å².